The number of benzene rings is 2. The van der Waals surface area contributed by atoms with E-state index in [4.69, 9.17) is 18.6 Å². The van der Waals surface area contributed by atoms with E-state index in [1.54, 1.807) is 30.3 Å². The van der Waals surface area contributed by atoms with E-state index < -0.39 is 29.8 Å². The SMILES string of the molecule is CC(OC(=O)c1ccc2c(c1)C(=O)N(Cc1ccco1)C2=O)C(=O)NCc1ccc2c(c1)OCO2. The van der Waals surface area contributed by atoms with Gasteiger partial charge in [-0.15, -0.1) is 0 Å². The molecule has 2 aliphatic rings. The molecule has 35 heavy (non-hydrogen) atoms. The van der Waals surface area contributed by atoms with Crippen LogP contribution < -0.4 is 14.8 Å². The van der Waals surface area contributed by atoms with Crippen molar-refractivity contribution in [3.63, 3.8) is 0 Å². The van der Waals surface area contributed by atoms with Crippen LogP contribution in [-0.4, -0.2) is 41.5 Å². The zero-order valence-corrected chi connectivity index (χ0v) is 18.6. The number of hydrogen-bond donors (Lipinski definition) is 1. The summed E-state index contributed by atoms with van der Waals surface area (Å²) in [7, 11) is 0. The van der Waals surface area contributed by atoms with Gasteiger partial charge >= 0.3 is 5.97 Å². The van der Waals surface area contributed by atoms with Crippen molar-refractivity contribution in [1.82, 2.24) is 10.2 Å². The van der Waals surface area contributed by atoms with E-state index in [1.807, 2.05) is 0 Å². The van der Waals surface area contributed by atoms with Gasteiger partial charge < -0.3 is 23.9 Å². The van der Waals surface area contributed by atoms with E-state index in [1.165, 1.54) is 31.4 Å². The summed E-state index contributed by atoms with van der Waals surface area (Å²) in [5.74, 6) is -0.594. The second-order valence-corrected chi connectivity index (χ2v) is 7.99. The van der Waals surface area contributed by atoms with Crippen molar-refractivity contribution in [2.45, 2.75) is 26.1 Å². The lowest BCUT2D eigenvalue weighted by Gasteiger charge is -2.14. The molecule has 10 nitrogen and oxygen atoms in total. The van der Waals surface area contributed by atoms with Crippen LogP contribution in [0.15, 0.2) is 59.2 Å². The predicted octanol–water partition coefficient (Wildman–Crippen LogP) is 2.67. The number of carbonyl (C=O) groups excluding carboxylic acids is 4. The molecule has 0 bridgehead atoms. The number of amides is 3. The lowest BCUT2D eigenvalue weighted by Crippen LogP contribution is -2.35. The largest absolute Gasteiger partial charge is 0.467 e. The normalized spacial score (nSPS) is 14.6. The van der Waals surface area contributed by atoms with Crippen molar-refractivity contribution in [3.8, 4) is 11.5 Å². The second-order valence-electron chi connectivity index (χ2n) is 7.99. The van der Waals surface area contributed by atoms with Gasteiger partial charge in [0.05, 0.1) is 29.5 Å². The molecule has 3 heterocycles. The smallest absolute Gasteiger partial charge is 0.338 e. The lowest BCUT2D eigenvalue weighted by molar-refractivity contribution is -0.129. The summed E-state index contributed by atoms with van der Waals surface area (Å²) in [6.45, 7) is 1.79. The first-order chi connectivity index (χ1) is 16.9. The van der Waals surface area contributed by atoms with Gasteiger partial charge in [0, 0.05) is 6.54 Å². The third kappa shape index (κ3) is 4.33. The molecule has 0 saturated heterocycles. The van der Waals surface area contributed by atoms with Gasteiger partial charge in [-0.3, -0.25) is 19.3 Å². The fraction of sp³-hybridized carbons (Fsp3) is 0.200. The Morgan fingerprint density at radius 1 is 1.03 bits per heavy atom. The highest BCUT2D eigenvalue weighted by Crippen LogP contribution is 2.32. The standard InChI is InChI=1S/C25H20N2O8/c1-14(22(28)26-11-15-4-7-20-21(9-15)34-13-33-20)35-25(31)16-5-6-18-19(10-16)24(30)27(23(18)29)12-17-3-2-8-32-17/h2-10,14H,11-13H2,1H3,(H,26,28). The minimum absolute atomic E-state index is 0.0142. The number of carbonyl (C=O) groups is 4. The molecular formula is C25H20N2O8. The van der Waals surface area contributed by atoms with Gasteiger partial charge in [0.2, 0.25) is 6.79 Å². The molecule has 3 amide bonds. The predicted molar refractivity (Wildman–Crippen MR) is 119 cm³/mol. The van der Waals surface area contributed by atoms with Crippen molar-refractivity contribution in [2.24, 2.45) is 0 Å². The maximum atomic E-state index is 12.8. The highest BCUT2D eigenvalue weighted by atomic mass is 16.7. The molecule has 10 heteroatoms. The van der Waals surface area contributed by atoms with E-state index in [0.29, 0.717) is 17.3 Å². The molecule has 5 rings (SSSR count). The van der Waals surface area contributed by atoms with E-state index >= 15 is 0 Å². The van der Waals surface area contributed by atoms with E-state index in [9.17, 15) is 19.2 Å². The molecule has 1 atom stereocenters. The number of esters is 1. The average molecular weight is 476 g/mol. The van der Waals surface area contributed by atoms with Crippen molar-refractivity contribution in [3.05, 3.63) is 82.8 Å². The quantitative estimate of drug-likeness (QED) is 0.408. The molecule has 1 N–H and O–H groups in total. The highest BCUT2D eigenvalue weighted by Gasteiger charge is 2.36. The minimum atomic E-state index is -1.09. The van der Waals surface area contributed by atoms with Gasteiger partial charge in [0.25, 0.3) is 17.7 Å². The molecule has 2 aromatic carbocycles. The maximum Gasteiger partial charge on any atom is 0.338 e. The highest BCUT2D eigenvalue weighted by molar-refractivity contribution is 6.21. The Labute approximate surface area is 199 Å². The first kappa shape index (κ1) is 22.2. The molecule has 0 spiro atoms. The monoisotopic (exact) mass is 476 g/mol. The number of fused-ring (bicyclic) bond motifs is 2. The van der Waals surface area contributed by atoms with E-state index in [2.05, 4.69) is 5.32 Å². The molecule has 0 radical (unpaired) electrons. The van der Waals surface area contributed by atoms with Crippen LogP contribution in [0.2, 0.25) is 0 Å². The number of nitrogens with zero attached hydrogens (tertiary/aromatic N) is 1. The van der Waals surface area contributed by atoms with Crippen LogP contribution in [0, 0.1) is 0 Å². The fourth-order valence-corrected chi connectivity index (χ4v) is 3.79. The molecular weight excluding hydrogens is 456 g/mol. The molecule has 1 unspecified atom stereocenters. The van der Waals surface area contributed by atoms with Gasteiger partial charge in [0.1, 0.15) is 5.76 Å². The minimum Gasteiger partial charge on any atom is -0.467 e. The third-order valence-corrected chi connectivity index (χ3v) is 5.66. The molecule has 1 aromatic heterocycles. The number of ether oxygens (including phenoxy) is 3. The van der Waals surface area contributed by atoms with Gasteiger partial charge in [0.15, 0.2) is 17.6 Å². The Bertz CT molecular complexity index is 1330. The third-order valence-electron chi connectivity index (χ3n) is 5.66. The van der Waals surface area contributed by atoms with Crippen LogP contribution in [0.3, 0.4) is 0 Å². The Hall–Kier alpha value is -4.60. The molecule has 3 aromatic rings. The van der Waals surface area contributed by atoms with Crippen molar-refractivity contribution >= 4 is 23.7 Å². The van der Waals surface area contributed by atoms with Gasteiger partial charge in [-0.1, -0.05) is 6.07 Å². The van der Waals surface area contributed by atoms with Crippen LogP contribution in [0.25, 0.3) is 0 Å². The summed E-state index contributed by atoms with van der Waals surface area (Å²) < 4.78 is 21.1. The Kier molecular flexibility index (Phi) is 5.69. The average Bonchev–Trinajstić information content (AvgIpc) is 3.60. The molecule has 2 aliphatic heterocycles. The lowest BCUT2D eigenvalue weighted by atomic mass is 10.1. The van der Waals surface area contributed by atoms with Crippen LogP contribution in [-0.2, 0) is 22.6 Å². The van der Waals surface area contributed by atoms with Gasteiger partial charge in [-0.2, -0.15) is 0 Å². The summed E-state index contributed by atoms with van der Waals surface area (Å²) in [5.41, 5.74) is 1.13. The summed E-state index contributed by atoms with van der Waals surface area (Å²) in [6.07, 6.45) is 0.367. The van der Waals surface area contributed by atoms with Crippen LogP contribution >= 0.6 is 0 Å². The molecule has 0 aliphatic carbocycles. The van der Waals surface area contributed by atoms with E-state index in [-0.39, 0.29) is 36.6 Å². The van der Waals surface area contributed by atoms with Crippen LogP contribution in [0.5, 0.6) is 11.5 Å². The number of rotatable bonds is 7. The summed E-state index contributed by atoms with van der Waals surface area (Å²) >= 11 is 0. The van der Waals surface area contributed by atoms with Gasteiger partial charge in [-0.25, -0.2) is 4.79 Å². The molecule has 0 fully saturated rings. The number of hydrogen-bond acceptors (Lipinski definition) is 8. The van der Waals surface area contributed by atoms with Gasteiger partial charge in [-0.05, 0) is 55.0 Å². The van der Waals surface area contributed by atoms with Crippen molar-refractivity contribution in [1.29, 1.82) is 0 Å². The zero-order chi connectivity index (χ0) is 24.5. The summed E-state index contributed by atoms with van der Waals surface area (Å²) in [4.78, 5) is 51.5. The second kappa shape index (κ2) is 8.98. The Morgan fingerprint density at radius 2 is 1.83 bits per heavy atom. The molecule has 0 saturated carbocycles. The number of imide groups is 1. The maximum absolute atomic E-state index is 12.8. The summed E-state index contributed by atoms with van der Waals surface area (Å²) in [6, 6.07) is 12.7. The van der Waals surface area contributed by atoms with E-state index in [0.717, 1.165) is 10.5 Å². The molecule has 178 valence electrons. The number of nitrogens with one attached hydrogen (secondary N) is 1. The first-order valence-corrected chi connectivity index (χ1v) is 10.8. The Balaban J connectivity index is 1.20. The van der Waals surface area contributed by atoms with Crippen LogP contribution in [0.1, 0.15) is 49.3 Å². The zero-order valence-electron chi connectivity index (χ0n) is 18.6. The fourth-order valence-electron chi connectivity index (χ4n) is 3.79. The van der Waals surface area contributed by atoms with Crippen molar-refractivity contribution < 1.29 is 37.8 Å². The Morgan fingerprint density at radius 3 is 2.63 bits per heavy atom. The number of furan rings is 1. The van der Waals surface area contributed by atoms with Crippen molar-refractivity contribution in [2.75, 3.05) is 6.79 Å². The van der Waals surface area contributed by atoms with Crippen LogP contribution in [0.4, 0.5) is 0 Å². The topological polar surface area (TPSA) is 124 Å². The summed E-state index contributed by atoms with van der Waals surface area (Å²) in [5, 5.41) is 2.70. The first-order valence-electron chi connectivity index (χ1n) is 10.8.